The van der Waals surface area contributed by atoms with Gasteiger partial charge in [0.25, 0.3) is 0 Å². The predicted octanol–water partition coefficient (Wildman–Crippen LogP) is 3.18. The third kappa shape index (κ3) is 3.71. The van der Waals surface area contributed by atoms with E-state index in [1.165, 1.54) is 18.2 Å². The van der Waals surface area contributed by atoms with Crippen molar-refractivity contribution in [1.29, 1.82) is 0 Å². The van der Waals surface area contributed by atoms with E-state index < -0.39 is 21.4 Å². The second kappa shape index (κ2) is 5.81. The number of halogens is 2. The van der Waals surface area contributed by atoms with Gasteiger partial charge in [-0.1, -0.05) is 29.8 Å². The van der Waals surface area contributed by atoms with E-state index in [1.807, 2.05) is 0 Å². The van der Waals surface area contributed by atoms with Gasteiger partial charge in [0.2, 0.25) is 0 Å². The van der Waals surface area contributed by atoms with Crippen LogP contribution in [0.25, 0.3) is 0 Å². The van der Waals surface area contributed by atoms with Crippen LogP contribution in [-0.2, 0) is 21.3 Å². The molecule has 0 aliphatic rings. The summed E-state index contributed by atoms with van der Waals surface area (Å²) in [5, 5.41) is 0.117. The number of sulfone groups is 1. The zero-order valence-corrected chi connectivity index (χ0v) is 12.1. The van der Waals surface area contributed by atoms with Gasteiger partial charge in [0.05, 0.1) is 11.5 Å². The average molecular weight is 314 g/mol. The fraction of sp³-hybridized carbons (Fsp3) is 0.143. The topological polar surface area (TPSA) is 60.2 Å². The van der Waals surface area contributed by atoms with Gasteiger partial charge >= 0.3 is 0 Å². The van der Waals surface area contributed by atoms with Crippen LogP contribution in [0.4, 0.5) is 10.1 Å². The zero-order valence-electron chi connectivity index (χ0n) is 10.5. The van der Waals surface area contributed by atoms with E-state index in [1.54, 1.807) is 24.3 Å². The van der Waals surface area contributed by atoms with Crippen molar-refractivity contribution in [3.63, 3.8) is 0 Å². The summed E-state index contributed by atoms with van der Waals surface area (Å²) in [7, 11) is -3.51. The minimum absolute atomic E-state index is 0.00427. The molecule has 0 heterocycles. The summed E-state index contributed by atoms with van der Waals surface area (Å²) in [6, 6.07) is 10.6. The Morgan fingerprint density at radius 1 is 1.05 bits per heavy atom. The second-order valence-corrected chi connectivity index (χ2v) is 6.95. The van der Waals surface area contributed by atoms with Gasteiger partial charge in [0.15, 0.2) is 9.84 Å². The normalized spacial score (nSPS) is 11.5. The number of hydrogen-bond donors (Lipinski definition) is 1. The van der Waals surface area contributed by atoms with E-state index in [4.69, 9.17) is 17.3 Å². The van der Waals surface area contributed by atoms with Gasteiger partial charge < -0.3 is 5.73 Å². The zero-order chi connectivity index (χ0) is 14.8. The van der Waals surface area contributed by atoms with E-state index in [-0.39, 0.29) is 16.3 Å². The van der Waals surface area contributed by atoms with Crippen molar-refractivity contribution < 1.29 is 12.8 Å². The lowest BCUT2D eigenvalue weighted by atomic mass is 10.2. The molecule has 0 amide bonds. The molecule has 3 nitrogen and oxygen atoms in total. The summed E-state index contributed by atoms with van der Waals surface area (Å²) in [5.74, 6) is -1.22. The van der Waals surface area contributed by atoms with Crippen LogP contribution in [-0.4, -0.2) is 8.42 Å². The van der Waals surface area contributed by atoms with Gasteiger partial charge in [-0.3, -0.25) is 0 Å². The molecule has 6 heteroatoms. The largest absolute Gasteiger partial charge is 0.399 e. The SMILES string of the molecule is Nc1ccc(CS(=O)(=O)Cc2c(F)cccc2Cl)cc1. The van der Waals surface area contributed by atoms with E-state index in [0.29, 0.717) is 11.3 Å². The van der Waals surface area contributed by atoms with Crippen LogP contribution in [0.1, 0.15) is 11.1 Å². The summed E-state index contributed by atoms with van der Waals surface area (Å²) in [5.41, 5.74) is 6.70. The Morgan fingerprint density at radius 3 is 2.30 bits per heavy atom. The van der Waals surface area contributed by atoms with E-state index in [0.717, 1.165) is 0 Å². The molecule has 0 spiro atoms. The number of benzene rings is 2. The monoisotopic (exact) mass is 313 g/mol. The molecular weight excluding hydrogens is 301 g/mol. The molecule has 0 unspecified atom stereocenters. The maximum absolute atomic E-state index is 13.6. The van der Waals surface area contributed by atoms with Gasteiger partial charge in [-0.2, -0.15) is 0 Å². The van der Waals surface area contributed by atoms with Gasteiger partial charge in [0, 0.05) is 16.3 Å². The van der Waals surface area contributed by atoms with Crippen LogP contribution in [0, 0.1) is 5.82 Å². The van der Waals surface area contributed by atoms with Crippen LogP contribution in [0.5, 0.6) is 0 Å². The van der Waals surface area contributed by atoms with Crippen molar-refractivity contribution in [2.45, 2.75) is 11.5 Å². The first kappa shape index (κ1) is 14.8. The third-order valence-corrected chi connectivity index (χ3v) is 4.65. The molecule has 2 N–H and O–H groups in total. The fourth-order valence-corrected chi connectivity index (χ4v) is 3.65. The quantitative estimate of drug-likeness (QED) is 0.882. The highest BCUT2D eigenvalue weighted by atomic mass is 35.5. The van der Waals surface area contributed by atoms with Crippen molar-refractivity contribution >= 4 is 27.1 Å². The lowest BCUT2D eigenvalue weighted by Crippen LogP contribution is -2.09. The Morgan fingerprint density at radius 2 is 1.70 bits per heavy atom. The number of nitrogen functional groups attached to an aromatic ring is 1. The minimum atomic E-state index is -3.51. The Hall–Kier alpha value is -1.59. The number of hydrogen-bond acceptors (Lipinski definition) is 3. The first-order chi connectivity index (χ1) is 9.37. The molecule has 0 aliphatic heterocycles. The van der Waals surface area contributed by atoms with Gasteiger partial charge in [-0.25, -0.2) is 12.8 Å². The predicted molar refractivity (Wildman–Crippen MR) is 78.6 cm³/mol. The molecule has 0 saturated heterocycles. The van der Waals surface area contributed by atoms with Crippen LogP contribution in [0.2, 0.25) is 5.02 Å². The molecule has 0 fully saturated rings. The third-order valence-electron chi connectivity index (χ3n) is 2.79. The van der Waals surface area contributed by atoms with Gasteiger partial charge in [0.1, 0.15) is 5.82 Å². The van der Waals surface area contributed by atoms with Gasteiger partial charge in [-0.15, -0.1) is 0 Å². The van der Waals surface area contributed by atoms with E-state index in [9.17, 15) is 12.8 Å². The standard InChI is InChI=1S/C14H13ClFNO2S/c15-13-2-1-3-14(16)12(13)9-20(18,19)8-10-4-6-11(17)7-5-10/h1-7H,8-9,17H2. The lowest BCUT2D eigenvalue weighted by molar-refractivity contribution is 0.586. The van der Waals surface area contributed by atoms with Crippen LogP contribution < -0.4 is 5.73 Å². The average Bonchev–Trinajstić information content (AvgIpc) is 2.37. The Bertz CT molecular complexity index is 694. The summed E-state index contributed by atoms with van der Waals surface area (Å²) < 4.78 is 37.8. The summed E-state index contributed by atoms with van der Waals surface area (Å²) in [6.07, 6.45) is 0. The molecule has 2 rings (SSSR count). The van der Waals surface area contributed by atoms with Gasteiger partial charge in [-0.05, 0) is 29.8 Å². The van der Waals surface area contributed by atoms with Crippen LogP contribution >= 0.6 is 11.6 Å². The molecule has 0 atom stereocenters. The highest BCUT2D eigenvalue weighted by Crippen LogP contribution is 2.23. The van der Waals surface area contributed by atoms with Crippen molar-refractivity contribution in [3.8, 4) is 0 Å². The Kier molecular flexibility index (Phi) is 4.30. The molecular formula is C14H13ClFNO2S. The number of anilines is 1. The summed E-state index contributed by atoms with van der Waals surface area (Å²) in [6.45, 7) is 0. The smallest absolute Gasteiger partial charge is 0.158 e. The molecule has 106 valence electrons. The molecule has 0 radical (unpaired) electrons. The van der Waals surface area contributed by atoms with Crippen LogP contribution in [0.15, 0.2) is 42.5 Å². The minimum Gasteiger partial charge on any atom is -0.399 e. The number of rotatable bonds is 4. The molecule has 0 aromatic heterocycles. The maximum atomic E-state index is 13.6. The van der Waals surface area contributed by atoms with Crippen LogP contribution in [0.3, 0.4) is 0 Å². The summed E-state index contributed by atoms with van der Waals surface area (Å²) in [4.78, 5) is 0. The van der Waals surface area contributed by atoms with Crippen molar-refractivity contribution in [2.24, 2.45) is 0 Å². The lowest BCUT2D eigenvalue weighted by Gasteiger charge is -2.08. The van der Waals surface area contributed by atoms with Crippen molar-refractivity contribution in [2.75, 3.05) is 5.73 Å². The van der Waals surface area contributed by atoms with E-state index >= 15 is 0 Å². The maximum Gasteiger partial charge on any atom is 0.158 e. The molecule has 0 bridgehead atoms. The van der Waals surface area contributed by atoms with Crippen molar-refractivity contribution in [1.82, 2.24) is 0 Å². The molecule has 20 heavy (non-hydrogen) atoms. The number of nitrogens with two attached hydrogens (primary N) is 1. The highest BCUT2D eigenvalue weighted by Gasteiger charge is 2.18. The fourth-order valence-electron chi connectivity index (χ4n) is 1.81. The second-order valence-electron chi connectivity index (χ2n) is 4.47. The molecule has 0 aliphatic carbocycles. The summed E-state index contributed by atoms with van der Waals surface area (Å²) >= 11 is 5.84. The Labute approximate surface area is 122 Å². The first-order valence-electron chi connectivity index (χ1n) is 5.85. The molecule has 0 saturated carbocycles. The molecule has 2 aromatic rings. The first-order valence-corrected chi connectivity index (χ1v) is 8.05. The highest BCUT2D eigenvalue weighted by molar-refractivity contribution is 7.89. The molecule has 2 aromatic carbocycles. The Balaban J connectivity index is 2.21. The van der Waals surface area contributed by atoms with E-state index in [2.05, 4.69) is 0 Å². The van der Waals surface area contributed by atoms with Crippen molar-refractivity contribution in [3.05, 3.63) is 64.4 Å².